The van der Waals surface area contributed by atoms with Crippen LogP contribution in [0, 0.1) is 0 Å². The molecule has 1 unspecified atom stereocenters. The van der Waals surface area contributed by atoms with E-state index in [4.69, 9.17) is 18.0 Å². The van der Waals surface area contributed by atoms with Gasteiger partial charge in [-0.1, -0.05) is 45.1 Å². The second-order valence-corrected chi connectivity index (χ2v) is 6.86. The summed E-state index contributed by atoms with van der Waals surface area (Å²) < 4.78 is 0. The van der Waals surface area contributed by atoms with Crippen LogP contribution in [0.1, 0.15) is 49.5 Å². The zero-order chi connectivity index (χ0) is 14.9. The van der Waals surface area contributed by atoms with Gasteiger partial charge >= 0.3 is 0 Å². The second-order valence-electron chi connectivity index (χ2n) is 6.39. The van der Waals surface area contributed by atoms with Crippen LogP contribution in [0.25, 0.3) is 0 Å². The van der Waals surface area contributed by atoms with Crippen molar-refractivity contribution in [3.8, 4) is 0 Å². The molecule has 1 saturated heterocycles. The molecular weight excluding hydrogens is 268 g/mol. The predicted octanol–water partition coefficient (Wildman–Crippen LogP) is 2.87. The fourth-order valence-electron chi connectivity index (χ4n) is 2.58. The number of carbonyl (C=O) groups excluding carboxylic acids is 1. The second kappa shape index (κ2) is 5.52. The number of thiocarbonyl (C=S) groups is 1. The van der Waals surface area contributed by atoms with Crippen LogP contribution in [-0.4, -0.2) is 28.4 Å². The lowest BCUT2D eigenvalue weighted by Gasteiger charge is -2.24. The minimum atomic E-state index is -0.0835. The van der Waals surface area contributed by atoms with Crippen molar-refractivity contribution >= 4 is 23.1 Å². The van der Waals surface area contributed by atoms with Crippen LogP contribution in [0.5, 0.6) is 0 Å². The summed E-state index contributed by atoms with van der Waals surface area (Å²) in [6.45, 7) is 7.22. The van der Waals surface area contributed by atoms with Crippen LogP contribution in [-0.2, 0) is 5.41 Å². The first kappa shape index (κ1) is 15.0. The van der Waals surface area contributed by atoms with Gasteiger partial charge in [-0.25, -0.2) is 0 Å². The van der Waals surface area contributed by atoms with Crippen LogP contribution in [0.4, 0.5) is 0 Å². The van der Waals surface area contributed by atoms with Crippen molar-refractivity contribution in [2.45, 2.75) is 45.1 Å². The molecule has 1 fully saturated rings. The van der Waals surface area contributed by atoms with E-state index in [0.29, 0.717) is 10.6 Å². The summed E-state index contributed by atoms with van der Waals surface area (Å²) in [5.74, 6) is 0.0285. The number of amides is 1. The Morgan fingerprint density at radius 1 is 1.30 bits per heavy atom. The van der Waals surface area contributed by atoms with Gasteiger partial charge in [0.15, 0.2) is 0 Å². The third-order valence-corrected chi connectivity index (χ3v) is 4.11. The summed E-state index contributed by atoms with van der Waals surface area (Å²) in [6, 6.07) is 7.77. The molecule has 1 aliphatic heterocycles. The maximum Gasteiger partial charge on any atom is 0.254 e. The van der Waals surface area contributed by atoms with Gasteiger partial charge in [0.2, 0.25) is 0 Å². The zero-order valence-electron chi connectivity index (χ0n) is 12.3. The number of likely N-dealkylation sites (tertiary alicyclic amines) is 1. The van der Waals surface area contributed by atoms with Crippen molar-refractivity contribution < 1.29 is 4.79 Å². The van der Waals surface area contributed by atoms with Crippen LogP contribution < -0.4 is 5.73 Å². The maximum absolute atomic E-state index is 12.5. The van der Waals surface area contributed by atoms with Crippen molar-refractivity contribution in [2.24, 2.45) is 5.73 Å². The molecule has 0 spiro atoms. The van der Waals surface area contributed by atoms with Gasteiger partial charge in [-0.05, 0) is 36.0 Å². The molecule has 0 aromatic heterocycles. The van der Waals surface area contributed by atoms with Gasteiger partial charge < -0.3 is 10.6 Å². The minimum Gasteiger partial charge on any atom is -0.392 e. The molecule has 1 aliphatic rings. The highest BCUT2D eigenvalue weighted by Gasteiger charge is 2.31. The quantitative estimate of drug-likeness (QED) is 0.852. The van der Waals surface area contributed by atoms with E-state index in [1.807, 2.05) is 24.3 Å². The number of benzene rings is 1. The Morgan fingerprint density at radius 3 is 2.40 bits per heavy atom. The first-order chi connectivity index (χ1) is 9.30. The van der Waals surface area contributed by atoms with E-state index < -0.39 is 0 Å². The monoisotopic (exact) mass is 290 g/mol. The van der Waals surface area contributed by atoms with Crippen LogP contribution in [0.3, 0.4) is 0 Å². The van der Waals surface area contributed by atoms with Crippen LogP contribution in [0.2, 0.25) is 0 Å². The summed E-state index contributed by atoms with van der Waals surface area (Å²) in [7, 11) is 0. The van der Waals surface area contributed by atoms with E-state index >= 15 is 0 Å². The first-order valence-corrected chi connectivity index (χ1v) is 7.42. The SMILES string of the molecule is CC(C)(C)c1ccc(C(=O)N2CCCC2C(N)=S)cc1. The molecule has 1 aromatic carbocycles. The highest BCUT2D eigenvalue weighted by Crippen LogP contribution is 2.24. The van der Waals surface area contributed by atoms with Gasteiger partial charge in [0, 0.05) is 12.1 Å². The topological polar surface area (TPSA) is 46.3 Å². The normalized spacial score (nSPS) is 19.1. The molecule has 2 N–H and O–H groups in total. The lowest BCUT2D eigenvalue weighted by atomic mass is 9.86. The van der Waals surface area contributed by atoms with Crippen molar-refractivity contribution in [3.63, 3.8) is 0 Å². The summed E-state index contributed by atoms with van der Waals surface area (Å²) in [5, 5.41) is 0. The highest BCUT2D eigenvalue weighted by molar-refractivity contribution is 7.80. The molecule has 1 amide bonds. The van der Waals surface area contributed by atoms with E-state index in [-0.39, 0.29) is 17.4 Å². The Morgan fingerprint density at radius 2 is 1.90 bits per heavy atom. The number of hydrogen-bond acceptors (Lipinski definition) is 2. The van der Waals surface area contributed by atoms with Crippen LogP contribution >= 0.6 is 12.2 Å². The Balaban J connectivity index is 2.19. The van der Waals surface area contributed by atoms with Gasteiger partial charge in [-0.2, -0.15) is 0 Å². The molecule has 0 saturated carbocycles. The first-order valence-electron chi connectivity index (χ1n) is 7.01. The fourth-order valence-corrected chi connectivity index (χ4v) is 2.83. The average molecular weight is 290 g/mol. The minimum absolute atomic E-state index is 0.0285. The summed E-state index contributed by atoms with van der Waals surface area (Å²) in [6.07, 6.45) is 1.84. The van der Waals surface area contributed by atoms with Crippen molar-refractivity contribution in [2.75, 3.05) is 6.54 Å². The van der Waals surface area contributed by atoms with Crippen molar-refractivity contribution in [3.05, 3.63) is 35.4 Å². The molecule has 0 aliphatic carbocycles. The molecule has 2 rings (SSSR count). The number of hydrogen-bond donors (Lipinski definition) is 1. The number of nitrogens with zero attached hydrogens (tertiary/aromatic N) is 1. The predicted molar refractivity (Wildman–Crippen MR) is 86.0 cm³/mol. The fraction of sp³-hybridized carbons (Fsp3) is 0.500. The van der Waals surface area contributed by atoms with Crippen molar-refractivity contribution in [1.82, 2.24) is 4.90 Å². The molecule has 1 atom stereocenters. The molecule has 108 valence electrons. The molecule has 1 heterocycles. The van der Waals surface area contributed by atoms with Gasteiger partial charge in [0.25, 0.3) is 5.91 Å². The molecule has 1 aromatic rings. The van der Waals surface area contributed by atoms with E-state index in [1.54, 1.807) is 4.90 Å². The van der Waals surface area contributed by atoms with Gasteiger partial charge in [-0.15, -0.1) is 0 Å². The third-order valence-electron chi connectivity index (χ3n) is 3.84. The standard InChI is InChI=1S/C16H22N2OS/c1-16(2,3)12-8-6-11(7-9-12)15(19)18-10-4-5-13(18)14(17)20/h6-9,13H,4-5,10H2,1-3H3,(H2,17,20). The lowest BCUT2D eigenvalue weighted by Crippen LogP contribution is -2.42. The largest absolute Gasteiger partial charge is 0.392 e. The Hall–Kier alpha value is -1.42. The summed E-state index contributed by atoms with van der Waals surface area (Å²) in [5.41, 5.74) is 7.75. The molecule has 0 bridgehead atoms. The molecule has 3 nitrogen and oxygen atoms in total. The number of rotatable bonds is 2. The van der Waals surface area contributed by atoms with Crippen molar-refractivity contribution in [1.29, 1.82) is 0 Å². The Bertz CT molecular complexity index is 516. The van der Waals surface area contributed by atoms with E-state index in [1.165, 1.54) is 5.56 Å². The smallest absolute Gasteiger partial charge is 0.254 e. The summed E-state index contributed by atoms with van der Waals surface area (Å²) in [4.78, 5) is 14.8. The van der Waals surface area contributed by atoms with E-state index in [0.717, 1.165) is 19.4 Å². The lowest BCUT2D eigenvalue weighted by molar-refractivity contribution is 0.0770. The van der Waals surface area contributed by atoms with Gasteiger partial charge in [0.05, 0.1) is 11.0 Å². The van der Waals surface area contributed by atoms with E-state index in [2.05, 4.69) is 20.8 Å². The molecule has 20 heavy (non-hydrogen) atoms. The Kier molecular flexibility index (Phi) is 4.14. The van der Waals surface area contributed by atoms with Gasteiger partial charge in [0.1, 0.15) is 0 Å². The number of carbonyl (C=O) groups is 1. The zero-order valence-corrected chi connectivity index (χ0v) is 13.2. The maximum atomic E-state index is 12.5. The molecular formula is C16H22N2OS. The molecule has 4 heteroatoms. The molecule has 0 radical (unpaired) electrons. The highest BCUT2D eigenvalue weighted by atomic mass is 32.1. The Labute approximate surface area is 126 Å². The number of nitrogens with two attached hydrogens (primary N) is 1. The summed E-state index contributed by atoms with van der Waals surface area (Å²) >= 11 is 5.06. The van der Waals surface area contributed by atoms with Gasteiger partial charge in [-0.3, -0.25) is 4.79 Å². The average Bonchev–Trinajstić information content (AvgIpc) is 2.86. The van der Waals surface area contributed by atoms with Crippen LogP contribution in [0.15, 0.2) is 24.3 Å². The third kappa shape index (κ3) is 3.01. The van der Waals surface area contributed by atoms with E-state index in [9.17, 15) is 4.79 Å².